The first-order valence-electron chi connectivity index (χ1n) is 6.28. The van der Waals surface area contributed by atoms with Crippen molar-refractivity contribution in [3.8, 4) is 12.3 Å². The maximum atomic E-state index is 9.57. The van der Waals surface area contributed by atoms with Crippen LogP contribution < -0.4 is 11.5 Å². The van der Waals surface area contributed by atoms with Crippen LogP contribution in [0.3, 0.4) is 0 Å². The van der Waals surface area contributed by atoms with Crippen LogP contribution in [0.2, 0.25) is 0 Å². The average molecular weight is 308 g/mol. The molecule has 10 heteroatoms. The van der Waals surface area contributed by atoms with Crippen LogP contribution in [0.4, 0.5) is 11.8 Å². The van der Waals surface area contributed by atoms with Gasteiger partial charge in [-0.25, -0.2) is 4.98 Å². The van der Waals surface area contributed by atoms with Gasteiger partial charge in [0.15, 0.2) is 17.7 Å². The number of nitrogens with two attached hydrogens (primary N) is 2. The van der Waals surface area contributed by atoms with E-state index in [1.54, 1.807) is 0 Å². The lowest BCUT2D eigenvalue weighted by Crippen LogP contribution is -2.35. The summed E-state index contributed by atoms with van der Waals surface area (Å²) in [4.78, 5) is 11.8. The summed E-state index contributed by atoms with van der Waals surface area (Å²) in [7, 11) is 0. The molecular formula is C12H16N6O4. The van der Waals surface area contributed by atoms with Crippen molar-refractivity contribution in [1.29, 1.82) is 0 Å². The van der Waals surface area contributed by atoms with E-state index in [2.05, 4.69) is 15.0 Å². The maximum absolute atomic E-state index is 9.57. The number of terminal acetylenes is 1. The Morgan fingerprint density at radius 1 is 1.32 bits per heavy atom. The number of hydrogen-bond acceptors (Lipinski definition) is 9. The van der Waals surface area contributed by atoms with Gasteiger partial charge >= 0.3 is 0 Å². The van der Waals surface area contributed by atoms with E-state index in [0.717, 1.165) is 0 Å². The van der Waals surface area contributed by atoms with Crippen molar-refractivity contribution in [1.82, 2.24) is 19.5 Å². The Morgan fingerprint density at radius 3 is 2.64 bits per heavy atom. The fraction of sp³-hybridized carbons (Fsp3) is 0.417. The molecule has 7 N–H and O–H groups in total. The first kappa shape index (κ1) is 15.9. The van der Waals surface area contributed by atoms with Crippen molar-refractivity contribution in [3.63, 3.8) is 0 Å². The minimum atomic E-state index is -1.33. The highest BCUT2D eigenvalue weighted by Gasteiger charge is 2.24. The predicted octanol–water partition coefficient (Wildman–Crippen LogP) is -2.15. The number of hydrogen-bond donors (Lipinski definition) is 5. The molecule has 2 aromatic heterocycles. The lowest BCUT2D eigenvalue weighted by Gasteiger charge is -2.24. The SMILES string of the molecule is C#C[C@H](O)[C@@H](CO)O[C@H](CO)n1cnc2c(N)nc(N)nc21. The average Bonchev–Trinajstić information content (AvgIpc) is 2.92. The van der Waals surface area contributed by atoms with Crippen molar-refractivity contribution in [2.45, 2.75) is 18.4 Å². The third-order valence-electron chi connectivity index (χ3n) is 2.97. The van der Waals surface area contributed by atoms with Crippen LogP contribution in [0.15, 0.2) is 6.33 Å². The molecule has 0 saturated heterocycles. The highest BCUT2D eigenvalue weighted by Crippen LogP contribution is 2.22. The third-order valence-corrected chi connectivity index (χ3v) is 2.97. The van der Waals surface area contributed by atoms with E-state index in [1.807, 2.05) is 5.92 Å². The third kappa shape index (κ3) is 2.92. The molecule has 0 amide bonds. The number of aliphatic hydroxyl groups is 3. The quantitative estimate of drug-likeness (QED) is 0.374. The fourth-order valence-corrected chi connectivity index (χ4v) is 1.89. The molecule has 0 aliphatic carbocycles. The standard InChI is InChI=1S/C12H16N6O4/c1-2-6(21)7(3-19)22-8(4-20)18-5-15-9-10(13)16-12(14)17-11(9)18/h1,5-8,19-21H,3-4H2,(H4,13,14,16,17)/t6-,7+,8+/m0/s1. The normalized spacial score (nSPS) is 15.4. The molecule has 0 saturated carbocycles. The summed E-state index contributed by atoms with van der Waals surface area (Å²) < 4.78 is 6.78. The van der Waals surface area contributed by atoms with Gasteiger partial charge in [0.05, 0.1) is 19.5 Å². The first-order valence-corrected chi connectivity index (χ1v) is 6.28. The van der Waals surface area contributed by atoms with Crippen LogP contribution in [0.5, 0.6) is 0 Å². The number of aliphatic hydroxyl groups excluding tert-OH is 3. The molecule has 118 valence electrons. The summed E-state index contributed by atoms with van der Waals surface area (Å²) in [6, 6.07) is 0. The van der Waals surface area contributed by atoms with E-state index in [9.17, 15) is 15.3 Å². The van der Waals surface area contributed by atoms with E-state index in [4.69, 9.17) is 22.6 Å². The van der Waals surface area contributed by atoms with Crippen LogP contribution >= 0.6 is 0 Å². The van der Waals surface area contributed by atoms with Crippen molar-refractivity contribution >= 4 is 22.9 Å². The lowest BCUT2D eigenvalue weighted by molar-refractivity contribution is -0.124. The van der Waals surface area contributed by atoms with E-state index in [1.165, 1.54) is 10.9 Å². The highest BCUT2D eigenvalue weighted by molar-refractivity contribution is 5.82. The molecular weight excluding hydrogens is 292 g/mol. The maximum Gasteiger partial charge on any atom is 0.224 e. The Hall–Kier alpha value is -2.45. The molecule has 0 aliphatic rings. The van der Waals surface area contributed by atoms with Crippen molar-refractivity contribution < 1.29 is 20.1 Å². The number of imidazole rings is 1. The van der Waals surface area contributed by atoms with Gasteiger partial charge in [0.2, 0.25) is 5.95 Å². The van der Waals surface area contributed by atoms with E-state index in [0.29, 0.717) is 0 Å². The van der Waals surface area contributed by atoms with Crippen molar-refractivity contribution in [2.75, 3.05) is 24.7 Å². The van der Waals surface area contributed by atoms with E-state index < -0.39 is 31.6 Å². The molecule has 0 radical (unpaired) electrons. The van der Waals surface area contributed by atoms with Gasteiger partial charge in [-0.3, -0.25) is 4.57 Å². The number of nitrogen functional groups attached to an aromatic ring is 2. The summed E-state index contributed by atoms with van der Waals surface area (Å²) in [5, 5.41) is 28.3. The summed E-state index contributed by atoms with van der Waals surface area (Å²) in [6.45, 7) is -1.02. The van der Waals surface area contributed by atoms with Gasteiger partial charge in [-0.15, -0.1) is 6.42 Å². The Kier molecular flexibility index (Phi) is 4.74. The molecule has 22 heavy (non-hydrogen) atoms. The zero-order valence-electron chi connectivity index (χ0n) is 11.5. The highest BCUT2D eigenvalue weighted by atomic mass is 16.5. The molecule has 0 bridgehead atoms. The van der Waals surface area contributed by atoms with Gasteiger partial charge in [0.1, 0.15) is 17.7 Å². The molecule has 3 atom stereocenters. The summed E-state index contributed by atoms with van der Waals surface area (Å²) in [6.07, 6.45) is 2.99. The molecule has 2 aromatic rings. The van der Waals surface area contributed by atoms with Gasteiger partial charge in [-0.1, -0.05) is 5.92 Å². The molecule has 10 nitrogen and oxygen atoms in total. The number of anilines is 2. The summed E-state index contributed by atoms with van der Waals surface area (Å²) in [5.41, 5.74) is 11.8. The van der Waals surface area contributed by atoms with Gasteiger partial charge in [0.25, 0.3) is 0 Å². The second-order valence-corrected chi connectivity index (χ2v) is 4.40. The Morgan fingerprint density at radius 2 is 2.05 bits per heavy atom. The lowest BCUT2D eigenvalue weighted by atomic mass is 10.2. The first-order chi connectivity index (χ1) is 10.5. The Balaban J connectivity index is 2.38. The van der Waals surface area contributed by atoms with Gasteiger partial charge in [-0.05, 0) is 0 Å². The second-order valence-electron chi connectivity index (χ2n) is 4.40. The number of aromatic nitrogens is 4. The number of nitrogens with zero attached hydrogens (tertiary/aromatic N) is 4. The minimum Gasteiger partial charge on any atom is -0.394 e. The molecule has 0 aliphatic heterocycles. The van der Waals surface area contributed by atoms with Crippen LogP contribution in [0.1, 0.15) is 6.23 Å². The molecule has 0 unspecified atom stereocenters. The zero-order chi connectivity index (χ0) is 16.3. The van der Waals surface area contributed by atoms with Crippen molar-refractivity contribution in [2.24, 2.45) is 0 Å². The smallest absolute Gasteiger partial charge is 0.224 e. The van der Waals surface area contributed by atoms with Gasteiger partial charge in [-0.2, -0.15) is 9.97 Å². The molecule has 0 aromatic carbocycles. The van der Waals surface area contributed by atoms with Gasteiger partial charge in [0, 0.05) is 0 Å². The number of ether oxygens (including phenoxy) is 1. The number of rotatable bonds is 6. The predicted molar refractivity (Wildman–Crippen MR) is 77.1 cm³/mol. The fourth-order valence-electron chi connectivity index (χ4n) is 1.89. The molecule has 2 rings (SSSR count). The van der Waals surface area contributed by atoms with Gasteiger partial charge < -0.3 is 31.5 Å². The van der Waals surface area contributed by atoms with Crippen LogP contribution in [0, 0.1) is 12.3 Å². The largest absolute Gasteiger partial charge is 0.394 e. The molecule has 2 heterocycles. The topological polar surface area (TPSA) is 166 Å². The Labute approximate surface area is 125 Å². The van der Waals surface area contributed by atoms with E-state index >= 15 is 0 Å². The summed E-state index contributed by atoms with van der Waals surface area (Å²) >= 11 is 0. The summed E-state index contributed by atoms with van der Waals surface area (Å²) in [5.74, 6) is 2.06. The Bertz CT molecular complexity index is 697. The minimum absolute atomic E-state index is 0.0641. The monoisotopic (exact) mass is 308 g/mol. The van der Waals surface area contributed by atoms with Crippen LogP contribution in [0.25, 0.3) is 11.2 Å². The van der Waals surface area contributed by atoms with Crippen LogP contribution in [-0.2, 0) is 4.74 Å². The number of fused-ring (bicyclic) bond motifs is 1. The second kappa shape index (κ2) is 6.54. The zero-order valence-corrected chi connectivity index (χ0v) is 11.5. The van der Waals surface area contributed by atoms with E-state index in [-0.39, 0.29) is 22.9 Å². The van der Waals surface area contributed by atoms with Crippen LogP contribution in [-0.4, -0.2) is 60.3 Å². The molecule has 0 fully saturated rings. The van der Waals surface area contributed by atoms with Crippen molar-refractivity contribution in [3.05, 3.63) is 6.33 Å². The molecule has 0 spiro atoms.